The highest BCUT2D eigenvalue weighted by Gasteiger charge is 2.36. The molecule has 0 bridgehead atoms. The van der Waals surface area contributed by atoms with Crippen molar-refractivity contribution < 1.29 is 14.3 Å². The van der Waals surface area contributed by atoms with Crippen LogP contribution in [-0.4, -0.2) is 35.9 Å². The Morgan fingerprint density at radius 2 is 1.79 bits per heavy atom. The molecule has 176 valence electrons. The van der Waals surface area contributed by atoms with Crippen LogP contribution in [0.4, 0.5) is 5.69 Å². The molecular weight excluding hydrogens is 459 g/mol. The highest BCUT2D eigenvalue weighted by Crippen LogP contribution is 2.37. The minimum absolute atomic E-state index is 0.0244. The summed E-state index contributed by atoms with van der Waals surface area (Å²) in [6.07, 6.45) is 7.82. The minimum Gasteiger partial charge on any atom is -0.493 e. The van der Waals surface area contributed by atoms with E-state index in [1.165, 1.54) is 31.7 Å². The number of rotatable bonds is 6. The van der Waals surface area contributed by atoms with Crippen LogP contribution in [0.15, 0.2) is 36.4 Å². The summed E-state index contributed by atoms with van der Waals surface area (Å²) in [5, 5.41) is 3.60. The second-order valence-corrected chi connectivity index (χ2v) is 9.73. The Morgan fingerprint density at radius 3 is 2.58 bits per heavy atom. The maximum Gasteiger partial charge on any atom is 0.257 e. The molecule has 5 nitrogen and oxygen atoms in total. The number of fused-ring (bicyclic) bond motifs is 1. The van der Waals surface area contributed by atoms with Gasteiger partial charge in [0.25, 0.3) is 11.8 Å². The Balaban J connectivity index is 1.57. The van der Waals surface area contributed by atoms with E-state index in [0.717, 1.165) is 25.8 Å². The van der Waals surface area contributed by atoms with Crippen LogP contribution in [0.25, 0.3) is 0 Å². The summed E-state index contributed by atoms with van der Waals surface area (Å²) in [6.45, 7) is 3.31. The number of benzene rings is 2. The first kappa shape index (κ1) is 23.9. The van der Waals surface area contributed by atoms with Crippen LogP contribution in [0, 0.1) is 5.92 Å². The van der Waals surface area contributed by atoms with E-state index >= 15 is 0 Å². The van der Waals surface area contributed by atoms with Crippen LogP contribution in [0.1, 0.15) is 72.6 Å². The molecule has 2 fully saturated rings. The minimum atomic E-state index is -0.349. The number of carbonyl (C=O) groups excluding carboxylic acids is 2. The number of anilines is 1. The monoisotopic (exact) mass is 488 g/mol. The molecule has 2 amide bonds. The summed E-state index contributed by atoms with van der Waals surface area (Å²) in [5.74, 6) is 0.786. The van der Waals surface area contributed by atoms with E-state index in [1.807, 2.05) is 6.92 Å². The lowest BCUT2D eigenvalue weighted by molar-refractivity contribution is 0.0387. The number of amides is 2. The summed E-state index contributed by atoms with van der Waals surface area (Å²) in [5.41, 5.74) is 1.42. The summed E-state index contributed by atoms with van der Waals surface area (Å²) in [6, 6.07) is 10.3. The SMILES string of the molecule is CCCOc1cc(NC(=O)c2ccc(Cl)cc2Cl)ccc1C(=O)N1CCC[C@H]2CCCC[C@H]21. The largest absolute Gasteiger partial charge is 0.493 e. The van der Waals surface area contributed by atoms with Crippen molar-refractivity contribution in [3.8, 4) is 5.75 Å². The molecule has 0 aromatic heterocycles. The maximum absolute atomic E-state index is 13.6. The van der Waals surface area contributed by atoms with Crippen molar-refractivity contribution in [1.82, 2.24) is 4.90 Å². The van der Waals surface area contributed by atoms with Gasteiger partial charge in [-0.05, 0) is 68.4 Å². The van der Waals surface area contributed by atoms with Crippen LogP contribution in [0.2, 0.25) is 10.0 Å². The molecule has 1 saturated carbocycles. The fourth-order valence-electron chi connectivity index (χ4n) is 5.01. The van der Waals surface area contributed by atoms with Gasteiger partial charge in [0.15, 0.2) is 0 Å². The zero-order chi connectivity index (χ0) is 23.4. The first-order valence-electron chi connectivity index (χ1n) is 11.8. The molecule has 2 aromatic rings. The third-order valence-electron chi connectivity index (χ3n) is 6.61. The lowest BCUT2D eigenvalue weighted by atomic mass is 9.78. The van der Waals surface area contributed by atoms with Gasteiger partial charge in [-0.3, -0.25) is 9.59 Å². The maximum atomic E-state index is 13.6. The summed E-state index contributed by atoms with van der Waals surface area (Å²) >= 11 is 12.1. The highest BCUT2D eigenvalue weighted by molar-refractivity contribution is 6.37. The molecule has 1 heterocycles. The van der Waals surface area contributed by atoms with Gasteiger partial charge in [-0.15, -0.1) is 0 Å². The van der Waals surface area contributed by atoms with Gasteiger partial charge in [0.05, 0.1) is 22.8 Å². The van der Waals surface area contributed by atoms with Crippen LogP contribution in [0.5, 0.6) is 5.75 Å². The smallest absolute Gasteiger partial charge is 0.257 e. The van der Waals surface area contributed by atoms with E-state index in [4.69, 9.17) is 27.9 Å². The fourth-order valence-corrected chi connectivity index (χ4v) is 5.51. The van der Waals surface area contributed by atoms with Gasteiger partial charge in [-0.1, -0.05) is 43.0 Å². The number of nitrogens with zero attached hydrogens (tertiary/aromatic N) is 1. The zero-order valence-electron chi connectivity index (χ0n) is 18.9. The number of ether oxygens (including phenoxy) is 1. The second kappa shape index (κ2) is 10.8. The van der Waals surface area contributed by atoms with Gasteiger partial charge >= 0.3 is 0 Å². The number of hydrogen-bond donors (Lipinski definition) is 1. The molecule has 0 radical (unpaired) electrons. The first-order chi connectivity index (χ1) is 16.0. The van der Waals surface area contributed by atoms with Gasteiger partial charge < -0.3 is 15.0 Å². The number of hydrogen-bond acceptors (Lipinski definition) is 3. The van der Waals surface area contributed by atoms with Gasteiger partial charge in [0.2, 0.25) is 0 Å². The summed E-state index contributed by atoms with van der Waals surface area (Å²) < 4.78 is 5.96. The first-order valence-corrected chi connectivity index (χ1v) is 12.6. The molecule has 1 aliphatic carbocycles. The third-order valence-corrected chi connectivity index (χ3v) is 7.16. The van der Waals surface area contributed by atoms with Gasteiger partial charge in [-0.2, -0.15) is 0 Å². The topological polar surface area (TPSA) is 58.6 Å². The highest BCUT2D eigenvalue weighted by atomic mass is 35.5. The lowest BCUT2D eigenvalue weighted by Gasteiger charge is -2.44. The van der Waals surface area contributed by atoms with Crippen LogP contribution in [0.3, 0.4) is 0 Å². The number of piperidine rings is 1. The molecule has 1 N–H and O–H groups in total. The molecule has 7 heteroatoms. The molecule has 2 aromatic carbocycles. The van der Waals surface area contributed by atoms with Crippen molar-refractivity contribution in [3.63, 3.8) is 0 Å². The van der Waals surface area contributed by atoms with E-state index in [9.17, 15) is 9.59 Å². The Bertz CT molecular complexity index is 1020. The molecule has 0 unspecified atom stereocenters. The molecule has 33 heavy (non-hydrogen) atoms. The Labute approximate surface area is 205 Å². The summed E-state index contributed by atoms with van der Waals surface area (Å²) in [4.78, 5) is 28.4. The predicted molar refractivity (Wildman–Crippen MR) is 133 cm³/mol. The molecule has 1 saturated heterocycles. The normalized spacial score (nSPS) is 20.2. The number of carbonyl (C=O) groups is 2. The van der Waals surface area contributed by atoms with Crippen molar-refractivity contribution in [2.45, 2.75) is 57.9 Å². The van der Waals surface area contributed by atoms with E-state index in [2.05, 4.69) is 10.2 Å². The van der Waals surface area contributed by atoms with Crippen molar-refractivity contribution in [3.05, 3.63) is 57.6 Å². The second-order valence-electron chi connectivity index (χ2n) is 8.89. The number of halogens is 2. The van der Waals surface area contributed by atoms with Gasteiger partial charge in [-0.25, -0.2) is 0 Å². The average molecular weight is 489 g/mol. The van der Waals surface area contributed by atoms with Gasteiger partial charge in [0.1, 0.15) is 5.75 Å². The Hall–Kier alpha value is -2.24. The number of nitrogens with one attached hydrogen (secondary N) is 1. The van der Waals surface area contributed by atoms with Crippen molar-refractivity contribution in [2.75, 3.05) is 18.5 Å². The molecule has 0 spiro atoms. The molecular formula is C26H30Cl2N2O3. The van der Waals surface area contributed by atoms with Crippen LogP contribution in [-0.2, 0) is 0 Å². The zero-order valence-corrected chi connectivity index (χ0v) is 20.4. The molecule has 4 rings (SSSR count). The molecule has 2 atom stereocenters. The number of likely N-dealkylation sites (tertiary alicyclic amines) is 1. The summed E-state index contributed by atoms with van der Waals surface area (Å²) in [7, 11) is 0. The Morgan fingerprint density at radius 1 is 1.03 bits per heavy atom. The van der Waals surface area contributed by atoms with Crippen molar-refractivity contribution in [1.29, 1.82) is 0 Å². The van der Waals surface area contributed by atoms with E-state index < -0.39 is 0 Å². The van der Waals surface area contributed by atoms with Crippen LogP contribution < -0.4 is 10.1 Å². The van der Waals surface area contributed by atoms with Gasteiger partial charge in [0, 0.05) is 29.4 Å². The Kier molecular flexibility index (Phi) is 7.82. The molecule has 2 aliphatic rings. The van der Waals surface area contributed by atoms with Crippen LogP contribution >= 0.6 is 23.2 Å². The predicted octanol–water partition coefficient (Wildman–Crippen LogP) is 6.83. The third kappa shape index (κ3) is 5.47. The quantitative estimate of drug-likeness (QED) is 0.484. The van der Waals surface area contributed by atoms with Crippen molar-refractivity contribution >= 4 is 40.7 Å². The van der Waals surface area contributed by atoms with Crippen molar-refractivity contribution in [2.24, 2.45) is 5.92 Å². The van der Waals surface area contributed by atoms with E-state index in [0.29, 0.717) is 46.2 Å². The molecule has 1 aliphatic heterocycles. The average Bonchev–Trinajstić information content (AvgIpc) is 2.82. The van der Waals surface area contributed by atoms with E-state index in [-0.39, 0.29) is 16.8 Å². The fraction of sp³-hybridized carbons (Fsp3) is 0.462. The lowest BCUT2D eigenvalue weighted by Crippen LogP contribution is -2.49. The van der Waals surface area contributed by atoms with E-state index in [1.54, 1.807) is 30.3 Å². The standard InChI is InChI=1S/C26H30Cl2N2O3/c1-2-14-33-24-16-19(29-25(31)20-11-9-18(27)15-22(20)28)10-12-21(24)26(32)30-13-5-7-17-6-3-4-8-23(17)30/h9-12,15-17,23H,2-8,13-14H2,1H3,(H,29,31)/t17-,23-/m1/s1.